The largest absolute Gasteiger partial charge is 0.493 e. The second-order valence-electron chi connectivity index (χ2n) is 7.24. The number of carbonyl (C=O) groups is 1. The first-order chi connectivity index (χ1) is 14.5. The van der Waals surface area contributed by atoms with E-state index in [0.29, 0.717) is 18.0 Å². The number of methoxy groups -OCH3 is 2. The van der Waals surface area contributed by atoms with E-state index in [-0.39, 0.29) is 12.5 Å². The molecular formula is C23H29N4O3+. The quantitative estimate of drug-likeness (QED) is 0.470. The third-order valence-electron chi connectivity index (χ3n) is 4.83. The van der Waals surface area contributed by atoms with Crippen LogP contribution in [-0.2, 0) is 11.2 Å². The van der Waals surface area contributed by atoms with Gasteiger partial charge in [0.25, 0.3) is 0 Å². The minimum Gasteiger partial charge on any atom is -0.493 e. The molecule has 0 spiro atoms. The van der Waals surface area contributed by atoms with Gasteiger partial charge in [0.2, 0.25) is 11.7 Å². The number of quaternary nitrogens is 1. The number of fused-ring (bicyclic) bond motifs is 1. The average Bonchev–Trinajstić information content (AvgIpc) is 2.76. The number of rotatable bonds is 9. The van der Waals surface area contributed by atoms with Crippen molar-refractivity contribution in [1.29, 1.82) is 0 Å². The number of carbonyl (C=O) groups excluding carboxylic acids is 1. The molecule has 0 fully saturated rings. The average molecular weight is 410 g/mol. The van der Waals surface area contributed by atoms with Crippen molar-refractivity contribution in [3.05, 3.63) is 54.1 Å². The molecule has 7 nitrogen and oxygen atoms in total. The molecule has 0 aliphatic carbocycles. The molecule has 0 radical (unpaired) electrons. The second-order valence-corrected chi connectivity index (χ2v) is 7.24. The summed E-state index contributed by atoms with van der Waals surface area (Å²) in [6, 6.07) is 15.6. The summed E-state index contributed by atoms with van der Waals surface area (Å²) in [5, 5.41) is 7.15. The number of ether oxygens (including phenoxy) is 2. The van der Waals surface area contributed by atoms with Gasteiger partial charge in [0, 0.05) is 11.5 Å². The van der Waals surface area contributed by atoms with E-state index in [0.717, 1.165) is 39.3 Å². The molecule has 2 aromatic carbocycles. The predicted octanol–water partition coefficient (Wildman–Crippen LogP) is 1.80. The Hall–Kier alpha value is -3.16. The molecule has 0 saturated carbocycles. The predicted molar refractivity (Wildman–Crippen MR) is 119 cm³/mol. The summed E-state index contributed by atoms with van der Waals surface area (Å²) >= 11 is 0. The first kappa shape index (κ1) is 21.5. The summed E-state index contributed by atoms with van der Waals surface area (Å²) in [5.41, 5.74) is 2.76. The van der Waals surface area contributed by atoms with Gasteiger partial charge in [-0.25, -0.2) is 0 Å². The fraction of sp³-hybridized carbons (Fsp3) is 0.304. The van der Waals surface area contributed by atoms with Crippen LogP contribution in [0.4, 0.5) is 11.5 Å². The van der Waals surface area contributed by atoms with Gasteiger partial charge in [0.05, 0.1) is 46.1 Å². The van der Waals surface area contributed by atoms with Gasteiger partial charge in [-0.2, -0.15) is 4.98 Å². The lowest BCUT2D eigenvalue weighted by molar-refractivity contribution is -0.789. The van der Waals surface area contributed by atoms with Crippen LogP contribution < -0.4 is 25.0 Å². The molecule has 0 bridgehead atoms. The van der Waals surface area contributed by atoms with Crippen LogP contribution >= 0.6 is 0 Å². The molecule has 0 aliphatic rings. The topological polar surface area (TPSA) is 76.9 Å². The van der Waals surface area contributed by atoms with Crippen LogP contribution in [0.1, 0.15) is 5.56 Å². The van der Waals surface area contributed by atoms with Crippen molar-refractivity contribution in [3.8, 4) is 11.5 Å². The molecular weight excluding hydrogens is 380 g/mol. The summed E-state index contributed by atoms with van der Waals surface area (Å²) in [4.78, 5) is 18.3. The molecule has 0 aliphatic heterocycles. The van der Waals surface area contributed by atoms with Crippen molar-refractivity contribution >= 4 is 28.3 Å². The maximum Gasteiger partial charge on any atom is 0.238 e. The maximum absolute atomic E-state index is 12.5. The smallest absolute Gasteiger partial charge is 0.238 e. The lowest BCUT2D eigenvalue weighted by Crippen LogP contribution is -3.00. The van der Waals surface area contributed by atoms with Crippen LogP contribution in [0.2, 0.25) is 0 Å². The number of para-hydroxylation sites is 1. The maximum atomic E-state index is 12.5. The molecule has 1 aromatic heterocycles. The van der Waals surface area contributed by atoms with Gasteiger partial charge >= 0.3 is 0 Å². The zero-order valence-electron chi connectivity index (χ0n) is 17.9. The summed E-state index contributed by atoms with van der Waals surface area (Å²) < 4.78 is 10.6. The van der Waals surface area contributed by atoms with Crippen molar-refractivity contribution in [2.75, 3.05) is 46.7 Å². The van der Waals surface area contributed by atoms with Crippen LogP contribution in [0.15, 0.2) is 48.5 Å². The molecule has 7 heteroatoms. The van der Waals surface area contributed by atoms with Crippen LogP contribution in [0.5, 0.6) is 11.5 Å². The van der Waals surface area contributed by atoms with Crippen molar-refractivity contribution in [2.45, 2.75) is 6.42 Å². The monoisotopic (exact) mass is 409 g/mol. The number of nitrogens with one attached hydrogen (secondary N) is 3. The fourth-order valence-corrected chi connectivity index (χ4v) is 3.20. The highest BCUT2D eigenvalue weighted by atomic mass is 16.5. The van der Waals surface area contributed by atoms with Gasteiger partial charge in [0.15, 0.2) is 11.5 Å². The molecule has 0 atom stereocenters. The van der Waals surface area contributed by atoms with E-state index >= 15 is 0 Å². The van der Waals surface area contributed by atoms with E-state index in [1.54, 1.807) is 14.2 Å². The number of aromatic nitrogens is 1. The molecule has 3 aromatic rings. The zero-order valence-corrected chi connectivity index (χ0v) is 17.9. The van der Waals surface area contributed by atoms with Crippen LogP contribution in [0.25, 0.3) is 10.9 Å². The van der Waals surface area contributed by atoms with E-state index in [1.807, 2.05) is 62.6 Å². The van der Waals surface area contributed by atoms with Gasteiger partial charge in [-0.1, -0.05) is 24.3 Å². The third kappa shape index (κ3) is 5.25. The Morgan fingerprint density at radius 3 is 2.53 bits per heavy atom. The van der Waals surface area contributed by atoms with Crippen LogP contribution in [0, 0.1) is 0 Å². The second kappa shape index (κ2) is 10.0. The van der Waals surface area contributed by atoms with Crippen molar-refractivity contribution in [2.24, 2.45) is 0 Å². The first-order valence-electron chi connectivity index (χ1n) is 9.93. The molecule has 158 valence electrons. The van der Waals surface area contributed by atoms with E-state index in [9.17, 15) is 4.79 Å². The zero-order chi connectivity index (χ0) is 21.5. The molecule has 1 heterocycles. The minimum atomic E-state index is -0.0848. The Morgan fingerprint density at radius 1 is 1.03 bits per heavy atom. The molecule has 1 amide bonds. The SMILES string of the molecule is COc1ccc(CCNCC(=O)Nc2cc([NH+](C)C)nc3ccccc23)cc1OC. The standard InChI is InChI=1S/C23H28N4O3/c1-27(2)22-14-19(17-7-5-6-8-18(17)25-22)26-23(28)15-24-12-11-16-9-10-20(29-3)21(13-16)30-4/h5-10,13-14,24H,11-12,15H2,1-4H3,(H,25,26,28)/p+1. The number of benzene rings is 2. The highest BCUT2D eigenvalue weighted by molar-refractivity contribution is 6.02. The number of nitrogens with zero attached hydrogens (tertiary/aromatic N) is 1. The third-order valence-corrected chi connectivity index (χ3v) is 4.83. The van der Waals surface area contributed by atoms with Gasteiger partial charge in [0.1, 0.15) is 0 Å². The number of pyridine rings is 1. The van der Waals surface area contributed by atoms with Crippen molar-refractivity contribution < 1.29 is 19.2 Å². The normalized spacial score (nSPS) is 11.0. The Morgan fingerprint density at radius 2 is 1.80 bits per heavy atom. The van der Waals surface area contributed by atoms with E-state index in [2.05, 4.69) is 15.6 Å². The van der Waals surface area contributed by atoms with E-state index < -0.39 is 0 Å². The highest BCUT2D eigenvalue weighted by Gasteiger charge is 2.12. The lowest BCUT2D eigenvalue weighted by atomic mass is 10.1. The molecule has 3 rings (SSSR count). The van der Waals surface area contributed by atoms with Crippen molar-refractivity contribution in [3.63, 3.8) is 0 Å². The lowest BCUT2D eigenvalue weighted by Gasteiger charge is -2.13. The first-order valence-corrected chi connectivity index (χ1v) is 9.93. The summed E-state index contributed by atoms with van der Waals surface area (Å²) in [5.74, 6) is 2.21. The van der Waals surface area contributed by atoms with Crippen molar-refractivity contribution in [1.82, 2.24) is 10.3 Å². The van der Waals surface area contributed by atoms with Gasteiger partial charge in [-0.05, 0) is 36.7 Å². The van der Waals surface area contributed by atoms with Gasteiger partial charge in [-0.3, -0.25) is 9.69 Å². The number of hydrogen-bond acceptors (Lipinski definition) is 5. The Balaban J connectivity index is 1.58. The van der Waals surface area contributed by atoms with Gasteiger partial charge < -0.3 is 20.1 Å². The van der Waals surface area contributed by atoms with Crippen LogP contribution in [0.3, 0.4) is 0 Å². The molecule has 30 heavy (non-hydrogen) atoms. The molecule has 3 N–H and O–H groups in total. The number of amides is 1. The van der Waals surface area contributed by atoms with Gasteiger partial charge in [-0.15, -0.1) is 0 Å². The summed E-state index contributed by atoms with van der Waals surface area (Å²) in [7, 11) is 7.26. The number of hydrogen-bond donors (Lipinski definition) is 3. The Bertz CT molecular complexity index is 1020. The highest BCUT2D eigenvalue weighted by Crippen LogP contribution is 2.27. The minimum absolute atomic E-state index is 0.0848. The Kier molecular flexibility index (Phi) is 7.21. The number of anilines is 1. The van der Waals surface area contributed by atoms with E-state index in [4.69, 9.17) is 9.47 Å². The summed E-state index contributed by atoms with van der Waals surface area (Å²) in [6.45, 7) is 0.904. The van der Waals surface area contributed by atoms with Crippen LogP contribution in [-0.4, -0.2) is 52.3 Å². The molecule has 0 saturated heterocycles. The summed E-state index contributed by atoms with van der Waals surface area (Å²) in [6.07, 6.45) is 0.778. The molecule has 0 unspecified atom stereocenters. The van der Waals surface area contributed by atoms with E-state index in [1.165, 1.54) is 0 Å². The Labute approximate surface area is 177 Å². The fourth-order valence-electron chi connectivity index (χ4n) is 3.20.